The molecule has 0 radical (unpaired) electrons. The third-order valence-corrected chi connectivity index (χ3v) is 5.59. The van der Waals surface area contributed by atoms with Gasteiger partial charge in [0.1, 0.15) is 5.82 Å². The van der Waals surface area contributed by atoms with Crippen LogP contribution < -0.4 is 5.73 Å². The van der Waals surface area contributed by atoms with Crippen LogP contribution in [0.25, 0.3) is 0 Å². The highest BCUT2D eigenvalue weighted by molar-refractivity contribution is 8.03. The number of carbonyl (C=O) groups is 2. The summed E-state index contributed by atoms with van der Waals surface area (Å²) in [5, 5.41) is 10.7. The van der Waals surface area contributed by atoms with Crippen molar-refractivity contribution in [2.45, 2.75) is 19.3 Å². The molecular formula is C18H16ClN3O3S. The number of hydrogen-bond acceptors (Lipinski definition) is 6. The highest BCUT2D eigenvalue weighted by atomic mass is 35.5. The van der Waals surface area contributed by atoms with Gasteiger partial charge in [0.2, 0.25) is 5.91 Å². The normalized spacial score (nSPS) is 20.0. The van der Waals surface area contributed by atoms with Crippen molar-refractivity contribution in [1.82, 2.24) is 4.90 Å². The van der Waals surface area contributed by atoms with Gasteiger partial charge in [0.15, 0.2) is 0 Å². The van der Waals surface area contributed by atoms with Gasteiger partial charge in [-0.3, -0.25) is 9.69 Å². The van der Waals surface area contributed by atoms with Crippen molar-refractivity contribution in [3.63, 3.8) is 0 Å². The molecule has 2 aliphatic heterocycles. The van der Waals surface area contributed by atoms with E-state index >= 15 is 0 Å². The average Bonchev–Trinajstić information content (AvgIpc) is 2.62. The molecule has 1 amide bonds. The average molecular weight is 390 g/mol. The van der Waals surface area contributed by atoms with Crippen molar-refractivity contribution in [3.8, 4) is 6.07 Å². The number of thioether (sulfide) groups is 1. The lowest BCUT2D eigenvalue weighted by Gasteiger charge is -2.37. The van der Waals surface area contributed by atoms with Crippen LogP contribution in [0, 0.1) is 11.3 Å². The van der Waals surface area contributed by atoms with Gasteiger partial charge in [-0.2, -0.15) is 5.26 Å². The Hall–Kier alpha value is -2.43. The molecule has 2 heterocycles. The summed E-state index contributed by atoms with van der Waals surface area (Å²) in [6, 6.07) is 9.11. The first-order chi connectivity index (χ1) is 12.5. The van der Waals surface area contributed by atoms with E-state index in [2.05, 4.69) is 6.07 Å². The van der Waals surface area contributed by atoms with Crippen LogP contribution in [0.5, 0.6) is 0 Å². The van der Waals surface area contributed by atoms with Crippen molar-refractivity contribution in [1.29, 1.82) is 5.26 Å². The summed E-state index contributed by atoms with van der Waals surface area (Å²) in [6.45, 7) is 1.82. The number of nitriles is 1. The fraction of sp³-hybridized carbons (Fsp3) is 0.278. The van der Waals surface area contributed by atoms with E-state index in [1.807, 2.05) is 0 Å². The number of benzene rings is 1. The Balaban J connectivity index is 2.28. The zero-order valence-corrected chi connectivity index (χ0v) is 15.6. The number of carbonyl (C=O) groups excluding carboxylic acids is 2. The Bertz CT molecular complexity index is 888. The van der Waals surface area contributed by atoms with Crippen molar-refractivity contribution >= 4 is 35.2 Å². The standard InChI is InChI=1S/C18H16ClN3O3S/c1-2-25-18(24)15-14(10-5-3-4-6-12(10)19)11(9-20)17-22(16(15)21)13(23)7-8-26-17/h3-6,14H,2,7-8,21H2,1H3. The number of allylic oxidation sites excluding steroid dienone is 1. The van der Waals surface area contributed by atoms with Crippen molar-refractivity contribution in [2.75, 3.05) is 12.4 Å². The molecule has 0 aromatic heterocycles. The summed E-state index contributed by atoms with van der Waals surface area (Å²) in [7, 11) is 0. The van der Waals surface area contributed by atoms with Gasteiger partial charge in [0.05, 0.1) is 34.8 Å². The maximum Gasteiger partial charge on any atom is 0.338 e. The predicted octanol–water partition coefficient (Wildman–Crippen LogP) is 2.87. The molecule has 2 aliphatic rings. The molecule has 8 heteroatoms. The maximum absolute atomic E-state index is 12.7. The third kappa shape index (κ3) is 2.96. The van der Waals surface area contributed by atoms with Crippen LogP contribution in [0.4, 0.5) is 0 Å². The molecule has 0 aliphatic carbocycles. The molecule has 1 fully saturated rings. The summed E-state index contributed by atoms with van der Waals surface area (Å²) in [4.78, 5) is 26.3. The first kappa shape index (κ1) is 18.4. The zero-order valence-electron chi connectivity index (χ0n) is 14.0. The summed E-state index contributed by atoms with van der Waals surface area (Å²) in [5.74, 6) is -1.14. The minimum Gasteiger partial charge on any atom is -0.463 e. The molecule has 1 saturated heterocycles. The number of esters is 1. The van der Waals surface area contributed by atoms with E-state index < -0.39 is 11.9 Å². The molecule has 1 atom stereocenters. The van der Waals surface area contributed by atoms with Gasteiger partial charge in [0.25, 0.3) is 0 Å². The van der Waals surface area contributed by atoms with Gasteiger partial charge in [-0.15, -0.1) is 11.8 Å². The summed E-state index contributed by atoms with van der Waals surface area (Å²) in [5.41, 5.74) is 7.14. The molecule has 6 nitrogen and oxygen atoms in total. The molecule has 134 valence electrons. The topological polar surface area (TPSA) is 96.4 Å². The number of hydrogen-bond donors (Lipinski definition) is 1. The van der Waals surface area contributed by atoms with Crippen LogP contribution >= 0.6 is 23.4 Å². The molecule has 26 heavy (non-hydrogen) atoms. The molecule has 1 aromatic rings. The van der Waals surface area contributed by atoms with Crippen LogP contribution in [0.1, 0.15) is 24.8 Å². The van der Waals surface area contributed by atoms with E-state index in [1.165, 1.54) is 16.7 Å². The smallest absolute Gasteiger partial charge is 0.338 e. The Morgan fingerprint density at radius 3 is 2.88 bits per heavy atom. The first-order valence-electron chi connectivity index (χ1n) is 8.02. The first-order valence-corrected chi connectivity index (χ1v) is 9.38. The van der Waals surface area contributed by atoms with E-state index in [-0.39, 0.29) is 35.9 Å². The van der Waals surface area contributed by atoms with Gasteiger partial charge in [-0.1, -0.05) is 29.8 Å². The number of ether oxygens (including phenoxy) is 1. The van der Waals surface area contributed by atoms with Crippen LogP contribution in [0.2, 0.25) is 5.02 Å². The lowest BCUT2D eigenvalue weighted by molar-refractivity contribution is -0.139. The summed E-state index contributed by atoms with van der Waals surface area (Å²) >= 11 is 7.72. The number of amides is 1. The molecule has 1 aromatic carbocycles. The van der Waals surface area contributed by atoms with Gasteiger partial charge >= 0.3 is 5.97 Å². The molecule has 0 bridgehead atoms. The Morgan fingerprint density at radius 1 is 1.50 bits per heavy atom. The van der Waals surface area contributed by atoms with Crippen molar-refractivity contribution < 1.29 is 14.3 Å². The largest absolute Gasteiger partial charge is 0.463 e. The Morgan fingerprint density at radius 2 is 2.23 bits per heavy atom. The number of halogens is 1. The third-order valence-electron chi connectivity index (χ3n) is 4.16. The SMILES string of the molecule is CCOC(=O)C1=C(N)N2C(=O)CCSC2=C(C#N)C1c1ccccc1Cl. The number of nitrogens with two attached hydrogens (primary N) is 1. The van der Waals surface area contributed by atoms with E-state index in [9.17, 15) is 14.9 Å². The lowest BCUT2D eigenvalue weighted by Crippen LogP contribution is -2.42. The van der Waals surface area contributed by atoms with E-state index in [0.717, 1.165) is 0 Å². The minimum absolute atomic E-state index is 0.000398. The second kappa shape index (κ2) is 7.44. The van der Waals surface area contributed by atoms with Crippen LogP contribution in [0.3, 0.4) is 0 Å². The molecular weight excluding hydrogens is 374 g/mol. The highest BCUT2D eigenvalue weighted by Crippen LogP contribution is 2.47. The molecule has 3 rings (SSSR count). The van der Waals surface area contributed by atoms with Crippen molar-refractivity contribution in [2.24, 2.45) is 5.73 Å². The fourth-order valence-corrected chi connectivity index (χ4v) is 4.43. The summed E-state index contributed by atoms with van der Waals surface area (Å²) in [6.07, 6.45) is 0.278. The Labute approximate surface area is 160 Å². The van der Waals surface area contributed by atoms with Gasteiger partial charge in [-0.05, 0) is 18.6 Å². The molecule has 0 saturated carbocycles. The highest BCUT2D eigenvalue weighted by Gasteiger charge is 2.43. The number of rotatable bonds is 3. The maximum atomic E-state index is 12.7. The quantitative estimate of drug-likeness (QED) is 0.798. The van der Waals surface area contributed by atoms with E-state index in [0.29, 0.717) is 21.4 Å². The van der Waals surface area contributed by atoms with Gasteiger partial charge in [0, 0.05) is 17.2 Å². The van der Waals surface area contributed by atoms with Crippen LogP contribution in [0.15, 0.2) is 46.3 Å². The lowest BCUT2D eigenvalue weighted by atomic mass is 9.83. The second-order valence-corrected chi connectivity index (χ2v) is 7.12. The zero-order chi connectivity index (χ0) is 18.8. The van der Waals surface area contributed by atoms with Crippen molar-refractivity contribution in [3.05, 3.63) is 56.8 Å². The fourth-order valence-electron chi connectivity index (χ4n) is 3.07. The van der Waals surface area contributed by atoms with Crippen LogP contribution in [-0.2, 0) is 14.3 Å². The van der Waals surface area contributed by atoms with Gasteiger partial charge in [-0.25, -0.2) is 4.79 Å². The number of nitrogens with zero attached hydrogens (tertiary/aromatic N) is 2. The van der Waals surface area contributed by atoms with E-state index in [1.54, 1.807) is 31.2 Å². The number of fused-ring (bicyclic) bond motifs is 1. The second-order valence-electron chi connectivity index (χ2n) is 5.63. The molecule has 0 spiro atoms. The summed E-state index contributed by atoms with van der Waals surface area (Å²) < 4.78 is 5.15. The van der Waals surface area contributed by atoms with Crippen LogP contribution in [-0.4, -0.2) is 29.1 Å². The van der Waals surface area contributed by atoms with E-state index in [4.69, 9.17) is 22.1 Å². The van der Waals surface area contributed by atoms with Gasteiger partial charge < -0.3 is 10.5 Å². The molecule has 1 unspecified atom stereocenters. The predicted molar refractivity (Wildman–Crippen MR) is 98.6 cm³/mol. The minimum atomic E-state index is -0.780. The monoisotopic (exact) mass is 389 g/mol. The molecule has 2 N–H and O–H groups in total. The Kier molecular flexibility index (Phi) is 5.25.